The van der Waals surface area contributed by atoms with Crippen LogP contribution in [-0.2, 0) is 16.4 Å². The Morgan fingerprint density at radius 2 is 2.06 bits per heavy atom. The quantitative estimate of drug-likeness (QED) is 0.853. The number of benzene rings is 1. The Balaban J connectivity index is 2.08. The summed E-state index contributed by atoms with van der Waals surface area (Å²) in [5.41, 5.74) is 1.85. The molecule has 0 bridgehead atoms. The number of rotatable bonds is 4. The summed E-state index contributed by atoms with van der Waals surface area (Å²) in [5.74, 6) is 0. The molecule has 0 amide bonds. The van der Waals surface area contributed by atoms with Crippen molar-refractivity contribution in [1.29, 1.82) is 0 Å². The first-order chi connectivity index (χ1) is 8.12. The Morgan fingerprint density at radius 3 is 2.59 bits per heavy atom. The first kappa shape index (κ1) is 12.4. The molecule has 1 heterocycles. The van der Waals surface area contributed by atoms with E-state index >= 15 is 0 Å². The van der Waals surface area contributed by atoms with Crippen molar-refractivity contribution in [2.75, 3.05) is 17.8 Å². The second-order valence-electron chi connectivity index (χ2n) is 4.31. The number of anilines is 1. The van der Waals surface area contributed by atoms with E-state index in [2.05, 4.69) is 17.0 Å². The first-order valence-corrected chi connectivity index (χ1v) is 7.48. The second-order valence-corrected chi connectivity index (χ2v) is 6.27. The molecule has 1 atom stereocenters. The number of hydrogen-bond donors (Lipinski definition) is 2. The summed E-state index contributed by atoms with van der Waals surface area (Å²) in [6.45, 7) is 3.39. The van der Waals surface area contributed by atoms with Crippen molar-refractivity contribution in [3.05, 3.63) is 29.8 Å². The SMILES string of the molecule is CCc1ccc(NS(=O)(=O)C2CCNC2)cc1. The van der Waals surface area contributed by atoms with Gasteiger partial charge in [0.25, 0.3) is 0 Å². The van der Waals surface area contributed by atoms with Gasteiger partial charge < -0.3 is 5.32 Å². The summed E-state index contributed by atoms with van der Waals surface area (Å²) in [5, 5.41) is 2.75. The topological polar surface area (TPSA) is 58.2 Å². The summed E-state index contributed by atoms with van der Waals surface area (Å²) < 4.78 is 26.7. The van der Waals surface area contributed by atoms with Crippen LogP contribution in [-0.4, -0.2) is 26.8 Å². The van der Waals surface area contributed by atoms with Crippen LogP contribution in [0.2, 0.25) is 0 Å². The highest BCUT2D eigenvalue weighted by atomic mass is 32.2. The molecular weight excluding hydrogens is 236 g/mol. The molecule has 1 saturated heterocycles. The van der Waals surface area contributed by atoms with Crippen molar-refractivity contribution in [2.45, 2.75) is 25.0 Å². The molecule has 0 spiro atoms. The Labute approximate surface area is 102 Å². The minimum atomic E-state index is -3.25. The fraction of sp³-hybridized carbons (Fsp3) is 0.500. The van der Waals surface area contributed by atoms with E-state index in [0.717, 1.165) is 13.0 Å². The minimum absolute atomic E-state index is 0.312. The predicted molar refractivity (Wildman–Crippen MR) is 69.6 cm³/mol. The smallest absolute Gasteiger partial charge is 0.236 e. The molecule has 1 aromatic rings. The Kier molecular flexibility index (Phi) is 3.69. The number of nitrogens with one attached hydrogen (secondary N) is 2. The molecule has 0 aromatic heterocycles. The zero-order valence-electron chi connectivity index (χ0n) is 9.94. The van der Waals surface area contributed by atoms with E-state index in [1.165, 1.54) is 5.56 Å². The maximum Gasteiger partial charge on any atom is 0.236 e. The molecule has 0 aliphatic carbocycles. The predicted octanol–water partition coefficient (Wildman–Crippen LogP) is 1.35. The van der Waals surface area contributed by atoms with Gasteiger partial charge in [-0.05, 0) is 37.1 Å². The van der Waals surface area contributed by atoms with Crippen LogP contribution in [0.25, 0.3) is 0 Å². The lowest BCUT2D eigenvalue weighted by Gasteiger charge is -2.13. The molecule has 94 valence electrons. The number of hydrogen-bond acceptors (Lipinski definition) is 3. The van der Waals surface area contributed by atoms with E-state index in [-0.39, 0.29) is 5.25 Å². The van der Waals surface area contributed by atoms with Crippen LogP contribution in [0, 0.1) is 0 Å². The Hall–Kier alpha value is -1.07. The average Bonchev–Trinajstić information content (AvgIpc) is 2.84. The van der Waals surface area contributed by atoms with E-state index in [9.17, 15) is 8.42 Å². The fourth-order valence-corrected chi connectivity index (χ4v) is 3.35. The zero-order valence-corrected chi connectivity index (χ0v) is 10.8. The molecule has 1 unspecified atom stereocenters. The lowest BCUT2D eigenvalue weighted by Crippen LogP contribution is -2.29. The second kappa shape index (κ2) is 5.06. The van der Waals surface area contributed by atoms with E-state index in [0.29, 0.717) is 18.7 Å². The third kappa shape index (κ3) is 2.98. The van der Waals surface area contributed by atoms with Gasteiger partial charge in [-0.25, -0.2) is 8.42 Å². The standard InChI is InChI=1S/C12H18N2O2S/c1-2-10-3-5-11(6-4-10)14-17(15,16)12-7-8-13-9-12/h3-6,12-14H,2,7-9H2,1H3. The van der Waals surface area contributed by atoms with Crippen LogP contribution < -0.4 is 10.0 Å². The van der Waals surface area contributed by atoms with Gasteiger partial charge in [0.2, 0.25) is 10.0 Å². The highest BCUT2D eigenvalue weighted by molar-refractivity contribution is 7.93. The van der Waals surface area contributed by atoms with E-state index in [1.807, 2.05) is 24.3 Å². The van der Waals surface area contributed by atoms with Crippen LogP contribution in [0.5, 0.6) is 0 Å². The van der Waals surface area contributed by atoms with E-state index < -0.39 is 10.0 Å². The molecule has 2 N–H and O–H groups in total. The summed E-state index contributed by atoms with van der Waals surface area (Å²) in [7, 11) is -3.25. The molecule has 2 rings (SSSR count). The van der Waals surface area contributed by atoms with E-state index in [4.69, 9.17) is 0 Å². The summed E-state index contributed by atoms with van der Waals surface area (Å²) >= 11 is 0. The maximum atomic E-state index is 12.0. The summed E-state index contributed by atoms with van der Waals surface area (Å²) in [6.07, 6.45) is 1.64. The fourth-order valence-electron chi connectivity index (χ4n) is 1.95. The van der Waals surface area contributed by atoms with Gasteiger partial charge in [0.05, 0.1) is 5.25 Å². The normalized spacial score (nSPS) is 20.4. The monoisotopic (exact) mass is 254 g/mol. The number of aryl methyl sites for hydroxylation is 1. The third-order valence-electron chi connectivity index (χ3n) is 3.08. The van der Waals surface area contributed by atoms with Gasteiger partial charge in [-0.2, -0.15) is 0 Å². The third-order valence-corrected chi connectivity index (χ3v) is 4.88. The summed E-state index contributed by atoms with van der Waals surface area (Å²) in [4.78, 5) is 0. The van der Waals surface area contributed by atoms with Crippen LogP contribution in [0.4, 0.5) is 5.69 Å². The molecule has 1 aliphatic rings. The molecule has 0 radical (unpaired) electrons. The van der Waals surface area contributed by atoms with Gasteiger partial charge >= 0.3 is 0 Å². The zero-order chi connectivity index (χ0) is 12.3. The molecule has 1 aliphatic heterocycles. The Morgan fingerprint density at radius 1 is 1.35 bits per heavy atom. The molecule has 5 heteroatoms. The maximum absolute atomic E-state index is 12.0. The van der Waals surface area contributed by atoms with Crippen molar-refractivity contribution in [2.24, 2.45) is 0 Å². The van der Waals surface area contributed by atoms with Crippen molar-refractivity contribution in [1.82, 2.24) is 5.32 Å². The van der Waals surface area contributed by atoms with Crippen molar-refractivity contribution >= 4 is 15.7 Å². The van der Waals surface area contributed by atoms with Crippen LogP contribution in [0.15, 0.2) is 24.3 Å². The van der Waals surface area contributed by atoms with Gasteiger partial charge in [0.1, 0.15) is 0 Å². The van der Waals surface area contributed by atoms with Crippen molar-refractivity contribution in [3.8, 4) is 0 Å². The van der Waals surface area contributed by atoms with E-state index in [1.54, 1.807) is 0 Å². The largest absolute Gasteiger partial charge is 0.315 e. The van der Waals surface area contributed by atoms with Crippen LogP contribution >= 0.6 is 0 Å². The van der Waals surface area contributed by atoms with Crippen LogP contribution in [0.1, 0.15) is 18.9 Å². The van der Waals surface area contributed by atoms with Gasteiger partial charge in [0.15, 0.2) is 0 Å². The molecule has 1 aromatic carbocycles. The van der Waals surface area contributed by atoms with Gasteiger partial charge in [-0.3, -0.25) is 4.72 Å². The molecule has 4 nitrogen and oxygen atoms in total. The first-order valence-electron chi connectivity index (χ1n) is 5.93. The molecule has 1 fully saturated rings. The van der Waals surface area contributed by atoms with Crippen molar-refractivity contribution < 1.29 is 8.42 Å². The number of sulfonamides is 1. The lowest BCUT2D eigenvalue weighted by atomic mass is 10.2. The molecule has 0 saturated carbocycles. The average molecular weight is 254 g/mol. The highest BCUT2D eigenvalue weighted by Gasteiger charge is 2.28. The summed E-state index contributed by atoms with van der Waals surface area (Å²) in [6, 6.07) is 7.53. The van der Waals surface area contributed by atoms with Gasteiger partial charge in [-0.15, -0.1) is 0 Å². The highest BCUT2D eigenvalue weighted by Crippen LogP contribution is 2.16. The van der Waals surface area contributed by atoms with Crippen LogP contribution in [0.3, 0.4) is 0 Å². The molecule has 17 heavy (non-hydrogen) atoms. The van der Waals surface area contributed by atoms with Crippen molar-refractivity contribution in [3.63, 3.8) is 0 Å². The Bertz CT molecular complexity index is 462. The molecular formula is C12H18N2O2S. The minimum Gasteiger partial charge on any atom is -0.315 e. The van der Waals surface area contributed by atoms with Gasteiger partial charge in [-0.1, -0.05) is 19.1 Å². The van der Waals surface area contributed by atoms with Gasteiger partial charge in [0, 0.05) is 12.2 Å². The lowest BCUT2D eigenvalue weighted by molar-refractivity contribution is 0.588.